The van der Waals surface area contributed by atoms with Crippen LogP contribution in [0, 0.1) is 0 Å². The number of carboxylic acid groups (broad SMARTS) is 1. The molecular weight excluding hydrogens is 224 g/mol. The summed E-state index contributed by atoms with van der Waals surface area (Å²) in [6.07, 6.45) is 1.24. The number of aliphatic carboxylic acids is 1. The van der Waals surface area contributed by atoms with E-state index in [9.17, 15) is 14.4 Å². The molecule has 2 N–H and O–H groups in total. The van der Waals surface area contributed by atoms with E-state index in [2.05, 4.69) is 5.32 Å². The van der Waals surface area contributed by atoms with E-state index in [0.29, 0.717) is 12.8 Å². The van der Waals surface area contributed by atoms with Crippen molar-refractivity contribution in [2.75, 3.05) is 13.6 Å². The van der Waals surface area contributed by atoms with Gasteiger partial charge in [-0.25, -0.2) is 0 Å². The van der Waals surface area contributed by atoms with Gasteiger partial charge < -0.3 is 15.3 Å². The summed E-state index contributed by atoms with van der Waals surface area (Å²) < 4.78 is 0. The van der Waals surface area contributed by atoms with Gasteiger partial charge in [-0.15, -0.1) is 0 Å². The van der Waals surface area contributed by atoms with Crippen LogP contribution in [0.15, 0.2) is 0 Å². The topological polar surface area (TPSA) is 86.7 Å². The number of nitrogens with zero attached hydrogens (tertiary/aromatic N) is 1. The molecule has 98 valence electrons. The van der Waals surface area contributed by atoms with E-state index >= 15 is 0 Å². The van der Waals surface area contributed by atoms with Crippen molar-refractivity contribution in [3.63, 3.8) is 0 Å². The minimum absolute atomic E-state index is 0.0264. The van der Waals surface area contributed by atoms with E-state index in [1.165, 1.54) is 11.8 Å². The maximum absolute atomic E-state index is 11.4. The maximum Gasteiger partial charge on any atom is 0.303 e. The number of rotatable bonds is 7. The van der Waals surface area contributed by atoms with Crippen molar-refractivity contribution in [3.8, 4) is 0 Å². The van der Waals surface area contributed by atoms with Gasteiger partial charge in [0, 0.05) is 26.4 Å². The summed E-state index contributed by atoms with van der Waals surface area (Å²) in [6.45, 7) is 3.23. The third-order valence-corrected chi connectivity index (χ3v) is 2.35. The smallest absolute Gasteiger partial charge is 0.303 e. The monoisotopic (exact) mass is 244 g/mol. The van der Waals surface area contributed by atoms with Crippen LogP contribution in [0.3, 0.4) is 0 Å². The molecule has 0 aromatic carbocycles. The SMILES string of the molecule is CC(=O)N(C)CC(=O)NC(C)CCCC(=O)O. The van der Waals surface area contributed by atoms with Gasteiger partial charge in [0.1, 0.15) is 0 Å². The molecule has 6 heteroatoms. The fraction of sp³-hybridized carbons (Fsp3) is 0.727. The van der Waals surface area contributed by atoms with E-state index in [4.69, 9.17) is 5.11 Å². The van der Waals surface area contributed by atoms with Crippen molar-refractivity contribution in [2.24, 2.45) is 0 Å². The second-order valence-corrected chi connectivity index (χ2v) is 4.13. The van der Waals surface area contributed by atoms with Crippen LogP contribution in [0.4, 0.5) is 0 Å². The van der Waals surface area contributed by atoms with Gasteiger partial charge in [-0.05, 0) is 19.8 Å². The summed E-state index contributed by atoms with van der Waals surface area (Å²) >= 11 is 0. The Hall–Kier alpha value is -1.59. The molecule has 1 atom stereocenters. The molecule has 0 heterocycles. The lowest BCUT2D eigenvalue weighted by molar-refractivity contribution is -0.137. The van der Waals surface area contributed by atoms with Gasteiger partial charge >= 0.3 is 5.97 Å². The predicted molar refractivity (Wildman–Crippen MR) is 62.4 cm³/mol. The van der Waals surface area contributed by atoms with Crippen LogP contribution in [0.25, 0.3) is 0 Å². The van der Waals surface area contributed by atoms with Gasteiger partial charge in [0.15, 0.2) is 0 Å². The van der Waals surface area contributed by atoms with Gasteiger partial charge in [0.25, 0.3) is 0 Å². The molecule has 0 spiro atoms. The molecule has 0 aliphatic carbocycles. The fourth-order valence-corrected chi connectivity index (χ4v) is 1.28. The lowest BCUT2D eigenvalue weighted by atomic mass is 10.1. The highest BCUT2D eigenvalue weighted by Crippen LogP contribution is 2.00. The van der Waals surface area contributed by atoms with Crippen LogP contribution in [-0.2, 0) is 14.4 Å². The molecular formula is C11H20N2O4. The summed E-state index contributed by atoms with van der Waals surface area (Å²) in [5.74, 6) is -1.23. The largest absolute Gasteiger partial charge is 0.481 e. The van der Waals surface area contributed by atoms with Gasteiger partial charge in [-0.3, -0.25) is 14.4 Å². The number of hydrogen-bond acceptors (Lipinski definition) is 3. The van der Waals surface area contributed by atoms with Crippen LogP contribution < -0.4 is 5.32 Å². The van der Waals surface area contributed by atoms with E-state index in [-0.39, 0.29) is 30.8 Å². The van der Waals surface area contributed by atoms with E-state index < -0.39 is 5.97 Å². The molecule has 0 bridgehead atoms. The quantitative estimate of drug-likeness (QED) is 0.671. The molecule has 0 aliphatic rings. The van der Waals surface area contributed by atoms with Crippen molar-refractivity contribution in [1.29, 1.82) is 0 Å². The van der Waals surface area contributed by atoms with Crippen LogP contribution >= 0.6 is 0 Å². The molecule has 0 rings (SSSR count). The van der Waals surface area contributed by atoms with Crippen molar-refractivity contribution in [2.45, 2.75) is 39.2 Å². The number of carboxylic acids is 1. The Bertz CT molecular complexity index is 291. The Balaban J connectivity index is 3.80. The molecule has 2 amide bonds. The van der Waals surface area contributed by atoms with Crippen LogP contribution in [0.2, 0.25) is 0 Å². The molecule has 0 aromatic rings. The fourth-order valence-electron chi connectivity index (χ4n) is 1.28. The van der Waals surface area contributed by atoms with Gasteiger partial charge in [-0.2, -0.15) is 0 Å². The second kappa shape index (κ2) is 7.65. The number of likely N-dealkylation sites (N-methyl/N-ethyl adjacent to an activating group) is 1. The molecule has 1 unspecified atom stereocenters. The van der Waals surface area contributed by atoms with Crippen molar-refractivity contribution >= 4 is 17.8 Å². The zero-order chi connectivity index (χ0) is 13.4. The molecule has 0 saturated carbocycles. The van der Waals surface area contributed by atoms with E-state index in [1.54, 1.807) is 7.05 Å². The summed E-state index contributed by atoms with van der Waals surface area (Å²) in [4.78, 5) is 33.9. The second-order valence-electron chi connectivity index (χ2n) is 4.13. The Morgan fingerprint density at radius 1 is 1.35 bits per heavy atom. The average Bonchev–Trinajstić information content (AvgIpc) is 2.16. The first-order valence-corrected chi connectivity index (χ1v) is 5.55. The van der Waals surface area contributed by atoms with Crippen LogP contribution in [0.5, 0.6) is 0 Å². The highest BCUT2D eigenvalue weighted by atomic mass is 16.4. The van der Waals surface area contributed by atoms with E-state index in [0.717, 1.165) is 0 Å². The Morgan fingerprint density at radius 2 is 1.94 bits per heavy atom. The molecule has 0 saturated heterocycles. The standard InChI is InChI=1S/C11H20N2O4/c1-8(5-4-6-11(16)17)12-10(15)7-13(3)9(2)14/h8H,4-7H2,1-3H3,(H,12,15)(H,16,17). The minimum atomic E-state index is -0.833. The molecule has 0 radical (unpaired) electrons. The summed E-state index contributed by atoms with van der Waals surface area (Å²) in [6, 6.07) is -0.0813. The molecule has 0 aromatic heterocycles. The maximum atomic E-state index is 11.4. The van der Waals surface area contributed by atoms with Crippen molar-refractivity contribution in [3.05, 3.63) is 0 Å². The number of carbonyl (C=O) groups excluding carboxylic acids is 2. The highest BCUT2D eigenvalue weighted by molar-refractivity contribution is 5.83. The number of amides is 2. The average molecular weight is 244 g/mol. The zero-order valence-electron chi connectivity index (χ0n) is 10.5. The first kappa shape index (κ1) is 15.4. The first-order valence-electron chi connectivity index (χ1n) is 5.55. The number of hydrogen-bond donors (Lipinski definition) is 2. The summed E-state index contributed by atoms with van der Waals surface area (Å²) in [7, 11) is 1.55. The van der Waals surface area contributed by atoms with E-state index in [1.807, 2.05) is 6.92 Å². The lowest BCUT2D eigenvalue weighted by Gasteiger charge is -2.17. The van der Waals surface area contributed by atoms with Gasteiger partial charge in [0.05, 0.1) is 6.54 Å². The molecule has 6 nitrogen and oxygen atoms in total. The first-order chi connectivity index (χ1) is 7.82. The van der Waals surface area contributed by atoms with Crippen LogP contribution in [0.1, 0.15) is 33.1 Å². The molecule has 0 aliphatic heterocycles. The third-order valence-electron chi connectivity index (χ3n) is 2.35. The highest BCUT2D eigenvalue weighted by Gasteiger charge is 2.11. The summed E-state index contributed by atoms with van der Waals surface area (Å²) in [5, 5.41) is 11.2. The Kier molecular flexibility index (Phi) is 6.93. The minimum Gasteiger partial charge on any atom is -0.481 e. The summed E-state index contributed by atoms with van der Waals surface area (Å²) in [5.41, 5.74) is 0. The normalized spacial score (nSPS) is 11.7. The van der Waals surface area contributed by atoms with Crippen molar-refractivity contribution < 1.29 is 19.5 Å². The molecule has 0 fully saturated rings. The van der Waals surface area contributed by atoms with Crippen LogP contribution in [-0.4, -0.2) is 47.4 Å². The van der Waals surface area contributed by atoms with Gasteiger partial charge in [0.2, 0.25) is 11.8 Å². The zero-order valence-corrected chi connectivity index (χ0v) is 10.5. The Morgan fingerprint density at radius 3 is 2.41 bits per heavy atom. The van der Waals surface area contributed by atoms with Gasteiger partial charge in [-0.1, -0.05) is 0 Å². The number of nitrogens with one attached hydrogen (secondary N) is 1. The third kappa shape index (κ3) is 8.24. The Labute approximate surface area is 101 Å². The molecule has 17 heavy (non-hydrogen) atoms. The number of carbonyl (C=O) groups is 3. The predicted octanol–water partition coefficient (Wildman–Crippen LogP) is 0.224. The van der Waals surface area contributed by atoms with Crippen molar-refractivity contribution in [1.82, 2.24) is 10.2 Å². The lowest BCUT2D eigenvalue weighted by Crippen LogP contribution is -2.41.